The summed E-state index contributed by atoms with van der Waals surface area (Å²) in [7, 11) is -2.35. The molecule has 2 aliphatic heterocycles. The van der Waals surface area contributed by atoms with E-state index in [0.717, 1.165) is 0 Å². The van der Waals surface area contributed by atoms with Crippen molar-refractivity contribution in [2.24, 2.45) is 11.8 Å². The highest BCUT2D eigenvalue weighted by atomic mass is 32.3. The summed E-state index contributed by atoms with van der Waals surface area (Å²) >= 11 is 0. The molecule has 4 atom stereocenters. The lowest BCUT2D eigenvalue weighted by atomic mass is 10.0. The predicted octanol–water partition coefficient (Wildman–Crippen LogP) is 3.01. The summed E-state index contributed by atoms with van der Waals surface area (Å²) in [6.07, 6.45) is 0.340. The molecule has 0 unspecified atom stereocenters. The van der Waals surface area contributed by atoms with E-state index in [2.05, 4.69) is 30.7 Å². The Hall–Kier alpha value is -5.59. The number of carbonyl (C=O) groups is 6. The standard InChI is InChI=1S/C36H48N6O12S/c1-21(2)29(39-35(47)51-5)33(45)41-17-9-15-27(41)31(43)37-23-11-7-13-25(19-23)53-55(49,50)54-26-14-8-12-24(20-26)38-32(44)28-16-10-18-42(28)34(46)30(22(3)4)40-36(48)52-6/h7-8,11-14,19-22,27-30H,9-10,15-18H2,1-6H3,(H,37,43)(H,38,44)(H,39,47)(H,40,48)/t27-,28-,29+,30+/m0/s1. The van der Waals surface area contributed by atoms with Gasteiger partial charge in [0.2, 0.25) is 23.6 Å². The van der Waals surface area contributed by atoms with Gasteiger partial charge in [0.15, 0.2) is 0 Å². The maximum absolute atomic E-state index is 13.3. The molecule has 0 radical (unpaired) electrons. The summed E-state index contributed by atoms with van der Waals surface area (Å²) in [4.78, 5) is 79.8. The van der Waals surface area contributed by atoms with E-state index < -0.39 is 70.4 Å². The second kappa shape index (κ2) is 18.6. The Labute approximate surface area is 319 Å². The highest BCUT2D eigenvalue weighted by molar-refractivity contribution is 7.82. The molecule has 19 heteroatoms. The largest absolute Gasteiger partial charge is 0.500 e. The number of alkyl carbamates (subject to hydrolysis) is 2. The number of ether oxygens (including phenoxy) is 2. The number of hydrogen-bond acceptors (Lipinski definition) is 12. The molecule has 6 amide bonds. The first-order chi connectivity index (χ1) is 26.0. The van der Waals surface area contributed by atoms with Crippen LogP contribution < -0.4 is 29.6 Å². The molecule has 55 heavy (non-hydrogen) atoms. The number of anilines is 2. The van der Waals surface area contributed by atoms with Crippen molar-refractivity contribution < 1.29 is 55.0 Å². The van der Waals surface area contributed by atoms with E-state index in [1.54, 1.807) is 27.7 Å². The third-order valence-electron chi connectivity index (χ3n) is 9.06. The Morgan fingerprint density at radius 1 is 0.655 bits per heavy atom. The third-order valence-corrected chi connectivity index (χ3v) is 9.85. The van der Waals surface area contributed by atoms with Gasteiger partial charge < -0.3 is 48.9 Å². The predicted molar refractivity (Wildman–Crippen MR) is 198 cm³/mol. The zero-order valence-electron chi connectivity index (χ0n) is 31.5. The van der Waals surface area contributed by atoms with Gasteiger partial charge in [-0.15, -0.1) is 8.42 Å². The zero-order valence-corrected chi connectivity index (χ0v) is 32.3. The molecule has 300 valence electrons. The van der Waals surface area contributed by atoms with E-state index in [0.29, 0.717) is 38.8 Å². The Morgan fingerprint density at radius 2 is 1.04 bits per heavy atom. The number of carbonyl (C=O) groups excluding carboxylic acids is 6. The average molecular weight is 789 g/mol. The van der Waals surface area contributed by atoms with Crippen LogP contribution in [0.5, 0.6) is 11.5 Å². The molecule has 2 heterocycles. The maximum Gasteiger partial charge on any atom is 0.500 e. The quantitative estimate of drug-likeness (QED) is 0.217. The third kappa shape index (κ3) is 11.2. The van der Waals surface area contributed by atoms with Crippen molar-refractivity contribution in [2.75, 3.05) is 37.9 Å². The maximum atomic E-state index is 13.3. The minimum atomic E-state index is -4.73. The van der Waals surface area contributed by atoms with Gasteiger partial charge in [-0.3, -0.25) is 19.2 Å². The van der Waals surface area contributed by atoms with Crippen LogP contribution in [-0.2, 0) is 39.1 Å². The van der Waals surface area contributed by atoms with Crippen molar-refractivity contribution in [1.82, 2.24) is 20.4 Å². The van der Waals surface area contributed by atoms with E-state index in [9.17, 15) is 37.2 Å². The van der Waals surface area contributed by atoms with Crippen LogP contribution in [-0.4, -0.2) is 106 Å². The van der Waals surface area contributed by atoms with Crippen molar-refractivity contribution in [3.63, 3.8) is 0 Å². The molecular formula is C36H48N6O12S. The number of rotatable bonds is 14. The van der Waals surface area contributed by atoms with Crippen molar-refractivity contribution in [1.29, 1.82) is 0 Å². The first-order valence-corrected chi connectivity index (χ1v) is 19.1. The molecule has 0 saturated carbocycles. The van der Waals surface area contributed by atoms with E-state index in [1.807, 2.05) is 0 Å². The summed E-state index contributed by atoms with van der Waals surface area (Å²) in [5, 5.41) is 10.4. The summed E-state index contributed by atoms with van der Waals surface area (Å²) in [5.74, 6) is -2.81. The van der Waals surface area contributed by atoms with Crippen LogP contribution in [0.2, 0.25) is 0 Å². The number of nitrogens with one attached hydrogen (secondary N) is 4. The Balaban J connectivity index is 1.38. The lowest BCUT2D eigenvalue weighted by Gasteiger charge is -2.30. The van der Waals surface area contributed by atoms with Gasteiger partial charge in [-0.2, -0.15) is 0 Å². The van der Waals surface area contributed by atoms with Gasteiger partial charge >= 0.3 is 22.6 Å². The summed E-state index contributed by atoms with van der Waals surface area (Å²) < 4.78 is 45.5. The molecule has 0 spiro atoms. The number of amides is 6. The van der Waals surface area contributed by atoms with E-state index >= 15 is 0 Å². The minimum Gasteiger partial charge on any atom is -0.453 e. The van der Waals surface area contributed by atoms with E-state index in [4.69, 9.17) is 8.37 Å². The second-order valence-electron chi connectivity index (χ2n) is 13.7. The van der Waals surface area contributed by atoms with Crippen molar-refractivity contribution in [2.45, 2.75) is 77.5 Å². The molecule has 2 aromatic carbocycles. The average Bonchev–Trinajstić information content (AvgIpc) is 3.83. The van der Waals surface area contributed by atoms with Gasteiger partial charge in [0.25, 0.3) is 0 Å². The Bertz CT molecular complexity index is 1730. The van der Waals surface area contributed by atoms with Crippen LogP contribution in [0.1, 0.15) is 53.4 Å². The van der Waals surface area contributed by atoms with Crippen LogP contribution in [0.4, 0.5) is 21.0 Å². The molecule has 4 rings (SSSR count). The van der Waals surface area contributed by atoms with E-state index in [-0.39, 0.29) is 34.7 Å². The van der Waals surface area contributed by atoms with Gasteiger partial charge in [-0.1, -0.05) is 39.8 Å². The number of benzene rings is 2. The first kappa shape index (κ1) is 42.2. The fourth-order valence-corrected chi connectivity index (χ4v) is 7.03. The summed E-state index contributed by atoms with van der Waals surface area (Å²) in [6.45, 7) is 7.65. The van der Waals surface area contributed by atoms with Gasteiger partial charge in [0.1, 0.15) is 35.7 Å². The van der Waals surface area contributed by atoms with Gasteiger partial charge in [-0.25, -0.2) is 9.59 Å². The number of hydrogen-bond donors (Lipinski definition) is 4. The van der Waals surface area contributed by atoms with Gasteiger partial charge in [-0.05, 0) is 61.8 Å². The SMILES string of the molecule is COC(=O)N[C@@H](C(=O)N1CCC[C@H]1C(=O)Nc1cccc(OS(=O)(=O)Oc2cccc(NC(=O)[C@@H]3CCCN3C(=O)[C@H](NC(=O)OC)C(C)C)c2)c1)C(C)C. The molecule has 18 nitrogen and oxygen atoms in total. The van der Waals surface area contributed by atoms with Gasteiger partial charge in [0, 0.05) is 36.6 Å². The first-order valence-electron chi connectivity index (χ1n) is 17.8. The highest BCUT2D eigenvalue weighted by Gasteiger charge is 2.40. The van der Waals surface area contributed by atoms with Gasteiger partial charge in [0.05, 0.1) is 14.2 Å². The Morgan fingerprint density at radius 3 is 1.38 bits per heavy atom. The fourth-order valence-electron chi connectivity index (χ4n) is 6.32. The lowest BCUT2D eigenvalue weighted by Crippen LogP contribution is -2.54. The smallest absolute Gasteiger partial charge is 0.453 e. The number of likely N-dealkylation sites (tertiary alicyclic amines) is 2. The van der Waals surface area contributed by atoms with Crippen LogP contribution in [0.3, 0.4) is 0 Å². The van der Waals surface area contributed by atoms with Crippen molar-refractivity contribution in [3.8, 4) is 11.5 Å². The number of nitrogens with zero attached hydrogens (tertiary/aromatic N) is 2. The molecule has 2 fully saturated rings. The van der Waals surface area contributed by atoms with E-state index in [1.165, 1.54) is 72.6 Å². The zero-order chi connectivity index (χ0) is 40.4. The molecule has 0 aliphatic carbocycles. The van der Waals surface area contributed by atoms with Crippen LogP contribution in [0.15, 0.2) is 48.5 Å². The molecule has 4 N–H and O–H groups in total. The second-order valence-corrected chi connectivity index (χ2v) is 14.9. The van der Waals surface area contributed by atoms with Crippen LogP contribution in [0.25, 0.3) is 0 Å². The fraction of sp³-hybridized carbons (Fsp3) is 0.500. The lowest BCUT2D eigenvalue weighted by molar-refractivity contribution is -0.139. The highest BCUT2D eigenvalue weighted by Crippen LogP contribution is 2.27. The molecule has 0 aromatic heterocycles. The Kier molecular flexibility index (Phi) is 14.3. The minimum absolute atomic E-state index is 0.184. The molecule has 2 aromatic rings. The summed E-state index contributed by atoms with van der Waals surface area (Å²) in [6, 6.07) is 7.65. The normalized spacial score (nSPS) is 17.9. The van der Waals surface area contributed by atoms with Crippen molar-refractivity contribution in [3.05, 3.63) is 48.5 Å². The molecule has 2 saturated heterocycles. The molecular weight excluding hydrogens is 740 g/mol. The summed E-state index contributed by atoms with van der Waals surface area (Å²) in [5.41, 5.74) is 0.380. The topological polar surface area (TPSA) is 228 Å². The molecule has 2 aliphatic rings. The van der Waals surface area contributed by atoms with Crippen LogP contribution >= 0.6 is 0 Å². The monoisotopic (exact) mass is 788 g/mol. The molecule has 0 bridgehead atoms. The van der Waals surface area contributed by atoms with Crippen molar-refractivity contribution >= 4 is 57.6 Å². The number of methoxy groups -OCH3 is 2. The van der Waals surface area contributed by atoms with Crippen LogP contribution in [0, 0.1) is 11.8 Å².